The van der Waals surface area contributed by atoms with Gasteiger partial charge in [-0.1, -0.05) is 56.9 Å². The fourth-order valence-electron chi connectivity index (χ4n) is 4.44. The molecule has 0 bridgehead atoms. The molecule has 3 rings (SSSR count). The van der Waals surface area contributed by atoms with Gasteiger partial charge in [-0.3, -0.25) is 4.79 Å². The summed E-state index contributed by atoms with van der Waals surface area (Å²) in [6.07, 6.45) is 9.62. The van der Waals surface area contributed by atoms with Crippen molar-refractivity contribution in [2.45, 2.75) is 76.5 Å². The van der Waals surface area contributed by atoms with Crippen LogP contribution in [0.15, 0.2) is 42.5 Å². The molecule has 0 radical (unpaired) electrons. The lowest BCUT2D eigenvalue weighted by molar-refractivity contribution is -0.142. The van der Waals surface area contributed by atoms with Gasteiger partial charge in [0.15, 0.2) is 5.38 Å². The molecule has 0 aromatic heterocycles. The van der Waals surface area contributed by atoms with E-state index in [9.17, 15) is 4.79 Å². The third kappa shape index (κ3) is 7.67. The summed E-state index contributed by atoms with van der Waals surface area (Å²) in [5.41, 5.74) is 3.47. The molecule has 0 spiro atoms. The molecule has 0 saturated heterocycles. The summed E-state index contributed by atoms with van der Waals surface area (Å²) in [6.45, 7) is 5.41. The summed E-state index contributed by atoms with van der Waals surface area (Å²) >= 11 is 6.21. The molecule has 0 heterocycles. The number of rotatable bonds is 12. The van der Waals surface area contributed by atoms with Crippen LogP contribution in [0.25, 0.3) is 0 Å². The highest BCUT2D eigenvalue weighted by atomic mass is 35.5. The van der Waals surface area contributed by atoms with Crippen LogP contribution in [0.5, 0.6) is 11.5 Å². The Morgan fingerprint density at radius 3 is 2.58 bits per heavy atom. The molecular weight excluding hydrogens is 436 g/mol. The van der Waals surface area contributed by atoms with E-state index in [1.165, 1.54) is 43.2 Å². The number of carbonyl (C=O) groups is 1. The van der Waals surface area contributed by atoms with Gasteiger partial charge in [0.05, 0.1) is 19.8 Å². The zero-order valence-electron chi connectivity index (χ0n) is 20.0. The summed E-state index contributed by atoms with van der Waals surface area (Å²) in [5.74, 6) is 1.95. The number of halogens is 1. The molecule has 2 aromatic rings. The number of ether oxygens (including phenoxy) is 3. The SMILES string of the molecule is CCCc1cc(C2CCCCC2)ccc1OCCCOc1cccc(C(Cl)C(=O)OCC)c1. The molecule has 4 nitrogen and oxygen atoms in total. The second-order valence-corrected chi connectivity index (χ2v) is 9.13. The van der Waals surface area contributed by atoms with Gasteiger partial charge in [-0.05, 0) is 67.0 Å². The fraction of sp³-hybridized carbons (Fsp3) is 0.536. The first-order valence-electron chi connectivity index (χ1n) is 12.4. The molecule has 1 unspecified atom stereocenters. The summed E-state index contributed by atoms with van der Waals surface area (Å²) in [6, 6.07) is 14.1. The summed E-state index contributed by atoms with van der Waals surface area (Å²) in [4.78, 5) is 11.9. The van der Waals surface area contributed by atoms with Crippen molar-refractivity contribution in [2.75, 3.05) is 19.8 Å². The topological polar surface area (TPSA) is 44.8 Å². The van der Waals surface area contributed by atoms with Gasteiger partial charge < -0.3 is 14.2 Å². The van der Waals surface area contributed by atoms with Crippen molar-refractivity contribution in [3.8, 4) is 11.5 Å². The Hall–Kier alpha value is -2.20. The molecule has 5 heteroatoms. The molecule has 1 fully saturated rings. The fourth-order valence-corrected chi connectivity index (χ4v) is 4.64. The van der Waals surface area contributed by atoms with Gasteiger partial charge in [0.2, 0.25) is 0 Å². The second-order valence-electron chi connectivity index (χ2n) is 8.69. The Bertz CT molecular complexity index is 876. The molecule has 2 aromatic carbocycles. The van der Waals surface area contributed by atoms with E-state index >= 15 is 0 Å². The number of benzene rings is 2. The van der Waals surface area contributed by atoms with Crippen LogP contribution in [0.1, 0.15) is 86.8 Å². The quantitative estimate of drug-likeness (QED) is 0.183. The van der Waals surface area contributed by atoms with Crippen LogP contribution in [-0.2, 0) is 16.0 Å². The van der Waals surface area contributed by atoms with E-state index < -0.39 is 11.3 Å². The largest absolute Gasteiger partial charge is 0.493 e. The normalized spacial score (nSPS) is 15.1. The van der Waals surface area contributed by atoms with E-state index in [1.807, 2.05) is 12.1 Å². The standard InChI is InChI=1S/C28H37ClO4/c1-3-10-23-19-22(21-11-6-5-7-12-21)15-16-26(23)33-18-9-17-32-25-14-8-13-24(20-25)27(29)28(30)31-4-2/h8,13-16,19-21,27H,3-7,9-12,17-18H2,1-2H3. The van der Waals surface area contributed by atoms with Gasteiger partial charge in [0.1, 0.15) is 11.5 Å². The zero-order chi connectivity index (χ0) is 23.5. The molecule has 180 valence electrons. The second kappa shape index (κ2) is 13.5. The lowest BCUT2D eigenvalue weighted by Gasteiger charge is -2.23. The number of hydrogen-bond acceptors (Lipinski definition) is 4. The van der Waals surface area contributed by atoms with Gasteiger partial charge in [-0.25, -0.2) is 0 Å². The van der Waals surface area contributed by atoms with Crippen molar-refractivity contribution >= 4 is 17.6 Å². The predicted molar refractivity (Wildman–Crippen MR) is 134 cm³/mol. The average Bonchev–Trinajstić information content (AvgIpc) is 2.85. The first-order chi connectivity index (χ1) is 16.1. The van der Waals surface area contributed by atoms with Crippen molar-refractivity contribution in [3.63, 3.8) is 0 Å². The minimum atomic E-state index is -0.828. The molecule has 0 amide bonds. The van der Waals surface area contributed by atoms with Crippen LogP contribution in [0.4, 0.5) is 0 Å². The Labute approximate surface area is 203 Å². The smallest absolute Gasteiger partial charge is 0.328 e. The van der Waals surface area contributed by atoms with E-state index in [0.717, 1.165) is 25.0 Å². The van der Waals surface area contributed by atoms with Crippen LogP contribution in [0.3, 0.4) is 0 Å². The van der Waals surface area contributed by atoms with Crippen molar-refractivity contribution in [1.29, 1.82) is 0 Å². The molecule has 1 aliphatic rings. The van der Waals surface area contributed by atoms with Gasteiger partial charge in [0.25, 0.3) is 0 Å². The molecule has 1 saturated carbocycles. The van der Waals surface area contributed by atoms with Gasteiger partial charge in [-0.15, -0.1) is 11.6 Å². The summed E-state index contributed by atoms with van der Waals surface area (Å²) < 4.78 is 17.0. The van der Waals surface area contributed by atoms with E-state index in [1.54, 1.807) is 19.1 Å². The van der Waals surface area contributed by atoms with Crippen molar-refractivity contribution in [2.24, 2.45) is 0 Å². The van der Waals surface area contributed by atoms with Crippen LogP contribution in [0.2, 0.25) is 0 Å². The third-order valence-corrected chi connectivity index (χ3v) is 6.57. The Kier molecular flexibility index (Phi) is 10.4. The third-order valence-electron chi connectivity index (χ3n) is 6.14. The van der Waals surface area contributed by atoms with Crippen molar-refractivity contribution < 1.29 is 19.0 Å². The minimum Gasteiger partial charge on any atom is -0.493 e. The Morgan fingerprint density at radius 2 is 1.82 bits per heavy atom. The first-order valence-corrected chi connectivity index (χ1v) is 12.8. The average molecular weight is 473 g/mol. The van der Waals surface area contributed by atoms with Gasteiger partial charge >= 0.3 is 5.97 Å². The van der Waals surface area contributed by atoms with Crippen LogP contribution in [-0.4, -0.2) is 25.8 Å². The number of alkyl halides is 1. The predicted octanol–water partition coefficient (Wildman–Crippen LogP) is 7.38. The molecule has 0 aliphatic heterocycles. The molecular formula is C28H37ClO4. The lowest BCUT2D eigenvalue weighted by atomic mass is 9.83. The number of hydrogen-bond donors (Lipinski definition) is 0. The highest BCUT2D eigenvalue weighted by Crippen LogP contribution is 2.35. The van der Waals surface area contributed by atoms with Crippen LogP contribution >= 0.6 is 11.6 Å². The highest BCUT2D eigenvalue weighted by molar-refractivity contribution is 6.29. The van der Waals surface area contributed by atoms with E-state index in [2.05, 4.69) is 25.1 Å². The minimum absolute atomic E-state index is 0.307. The van der Waals surface area contributed by atoms with Crippen LogP contribution in [0, 0.1) is 0 Å². The molecule has 0 N–H and O–H groups in total. The molecule has 33 heavy (non-hydrogen) atoms. The maximum Gasteiger partial charge on any atom is 0.328 e. The van der Waals surface area contributed by atoms with E-state index in [0.29, 0.717) is 37.1 Å². The molecule has 1 aliphatic carbocycles. The first kappa shape index (κ1) is 25.4. The number of carbonyl (C=O) groups excluding carboxylic acids is 1. The van der Waals surface area contributed by atoms with Gasteiger partial charge in [-0.2, -0.15) is 0 Å². The van der Waals surface area contributed by atoms with E-state index in [-0.39, 0.29) is 0 Å². The Morgan fingerprint density at radius 1 is 1.03 bits per heavy atom. The highest BCUT2D eigenvalue weighted by Gasteiger charge is 2.19. The van der Waals surface area contributed by atoms with E-state index in [4.69, 9.17) is 25.8 Å². The number of esters is 1. The van der Waals surface area contributed by atoms with Gasteiger partial charge in [0, 0.05) is 6.42 Å². The molecule has 1 atom stereocenters. The lowest BCUT2D eigenvalue weighted by Crippen LogP contribution is -2.11. The zero-order valence-corrected chi connectivity index (χ0v) is 20.7. The monoisotopic (exact) mass is 472 g/mol. The Balaban J connectivity index is 1.48. The maximum atomic E-state index is 11.9. The van der Waals surface area contributed by atoms with Crippen molar-refractivity contribution in [1.82, 2.24) is 0 Å². The summed E-state index contributed by atoms with van der Waals surface area (Å²) in [7, 11) is 0. The number of aryl methyl sites for hydroxylation is 1. The van der Waals surface area contributed by atoms with Crippen molar-refractivity contribution in [3.05, 3.63) is 59.2 Å². The maximum absolute atomic E-state index is 11.9. The van der Waals surface area contributed by atoms with Crippen LogP contribution < -0.4 is 9.47 Å². The summed E-state index contributed by atoms with van der Waals surface area (Å²) in [5, 5.41) is -0.828.